The molecule has 0 amide bonds. The van der Waals surface area contributed by atoms with Crippen LogP contribution in [0, 0.1) is 12.3 Å². The van der Waals surface area contributed by atoms with Gasteiger partial charge in [0, 0.05) is 40.6 Å². The molecule has 0 saturated carbocycles. The number of nitrogens with zero attached hydrogens (tertiary/aromatic N) is 1. The number of benzene rings is 1. The third kappa shape index (κ3) is 2.42. The molecular weight excluding hydrogens is 320 g/mol. The third-order valence-corrected chi connectivity index (χ3v) is 5.50. The summed E-state index contributed by atoms with van der Waals surface area (Å²) in [5.41, 5.74) is 6.70. The van der Waals surface area contributed by atoms with Crippen molar-refractivity contribution in [2.75, 3.05) is 0 Å². The lowest BCUT2D eigenvalue weighted by molar-refractivity contribution is -0.118. The summed E-state index contributed by atoms with van der Waals surface area (Å²) in [5, 5.41) is 8.35. The molecule has 1 aromatic carbocycles. The number of Topliss-reactive ketones (excluding diaryl/α,β-unsaturated/α-hetero) is 1. The van der Waals surface area contributed by atoms with Gasteiger partial charge in [-0.05, 0) is 36.5 Å². The van der Waals surface area contributed by atoms with E-state index in [1.165, 1.54) is 11.1 Å². The molecule has 1 atom stereocenters. The summed E-state index contributed by atoms with van der Waals surface area (Å²) in [6.07, 6.45) is 2.36. The van der Waals surface area contributed by atoms with Crippen LogP contribution in [0.3, 0.4) is 0 Å². The smallest absolute Gasteiger partial charge is 0.160 e. The fourth-order valence-electron chi connectivity index (χ4n) is 4.33. The van der Waals surface area contributed by atoms with Crippen molar-refractivity contribution >= 4 is 17.4 Å². The maximum atomic E-state index is 13.0. The van der Waals surface area contributed by atoms with Crippen molar-refractivity contribution in [3.8, 4) is 0 Å². The molecule has 24 heavy (non-hydrogen) atoms. The number of fused-ring (bicyclic) bond motifs is 1. The Morgan fingerprint density at radius 2 is 1.92 bits per heavy atom. The number of carbonyl (C=O) groups excluding carboxylic acids is 1. The van der Waals surface area contributed by atoms with Crippen LogP contribution in [-0.4, -0.2) is 16.0 Å². The minimum atomic E-state index is -0.0247. The Hall–Kier alpha value is -1.87. The molecule has 0 aliphatic heterocycles. The number of allylic oxidation sites excluding steroid dienone is 2. The Bertz CT molecular complexity index is 858. The van der Waals surface area contributed by atoms with E-state index in [1.54, 1.807) is 0 Å². The maximum Gasteiger partial charge on any atom is 0.160 e. The number of ketones is 1. The second kappa shape index (κ2) is 5.32. The molecule has 0 saturated heterocycles. The number of aromatic nitrogens is 2. The van der Waals surface area contributed by atoms with Crippen molar-refractivity contribution in [1.82, 2.24) is 10.2 Å². The molecular formula is C20H21ClN2O. The topological polar surface area (TPSA) is 45.8 Å². The van der Waals surface area contributed by atoms with Crippen LogP contribution >= 0.6 is 11.6 Å². The zero-order valence-corrected chi connectivity index (χ0v) is 15.0. The third-order valence-electron chi connectivity index (χ3n) is 5.25. The predicted octanol–water partition coefficient (Wildman–Crippen LogP) is 4.75. The van der Waals surface area contributed by atoms with Crippen LogP contribution in [0.2, 0.25) is 5.02 Å². The lowest BCUT2D eigenvalue weighted by Crippen LogP contribution is -2.32. The van der Waals surface area contributed by atoms with Gasteiger partial charge in [-0.2, -0.15) is 5.10 Å². The maximum absolute atomic E-state index is 13.0. The number of H-pyrrole nitrogens is 1. The summed E-state index contributed by atoms with van der Waals surface area (Å²) in [7, 11) is 0. The van der Waals surface area contributed by atoms with Crippen molar-refractivity contribution in [3.05, 3.63) is 62.9 Å². The first-order chi connectivity index (χ1) is 11.4. The highest BCUT2D eigenvalue weighted by Crippen LogP contribution is 2.49. The summed E-state index contributed by atoms with van der Waals surface area (Å²) in [6.45, 7) is 6.39. The highest BCUT2D eigenvalue weighted by atomic mass is 35.5. The van der Waals surface area contributed by atoms with Crippen molar-refractivity contribution in [3.63, 3.8) is 0 Å². The molecule has 0 spiro atoms. The molecule has 1 heterocycles. The molecule has 3 nitrogen and oxygen atoms in total. The predicted molar refractivity (Wildman–Crippen MR) is 95.4 cm³/mol. The molecule has 4 heteroatoms. The van der Waals surface area contributed by atoms with Crippen LogP contribution in [0.25, 0.3) is 0 Å². The normalized spacial score (nSPS) is 22.3. The number of aryl methyl sites for hydroxylation is 1. The molecule has 2 aromatic rings. The number of halogens is 1. The second-order valence-electron chi connectivity index (χ2n) is 7.83. The summed E-state index contributed by atoms with van der Waals surface area (Å²) in [6, 6.07) is 7.87. The first-order valence-electron chi connectivity index (χ1n) is 8.40. The first kappa shape index (κ1) is 15.6. The number of aromatic amines is 1. The fourth-order valence-corrected chi connectivity index (χ4v) is 4.45. The molecule has 4 rings (SSSR count). The lowest BCUT2D eigenvalue weighted by Gasteiger charge is -2.38. The van der Waals surface area contributed by atoms with Gasteiger partial charge >= 0.3 is 0 Å². The number of hydrogen-bond donors (Lipinski definition) is 1. The van der Waals surface area contributed by atoms with E-state index in [9.17, 15) is 4.79 Å². The Balaban J connectivity index is 1.93. The summed E-state index contributed by atoms with van der Waals surface area (Å²) < 4.78 is 0. The van der Waals surface area contributed by atoms with Gasteiger partial charge in [-0.25, -0.2) is 0 Å². The summed E-state index contributed by atoms with van der Waals surface area (Å²) in [5.74, 6) is 0.260. The second-order valence-corrected chi connectivity index (χ2v) is 8.26. The molecule has 124 valence electrons. The number of rotatable bonds is 1. The van der Waals surface area contributed by atoms with E-state index in [1.807, 2.05) is 31.2 Å². The molecule has 1 unspecified atom stereocenters. The highest BCUT2D eigenvalue weighted by Gasteiger charge is 2.41. The van der Waals surface area contributed by atoms with E-state index < -0.39 is 0 Å². The van der Waals surface area contributed by atoms with E-state index in [2.05, 4.69) is 24.0 Å². The van der Waals surface area contributed by atoms with E-state index in [0.717, 1.165) is 35.4 Å². The monoisotopic (exact) mass is 340 g/mol. The molecule has 1 aromatic heterocycles. The van der Waals surface area contributed by atoms with Gasteiger partial charge < -0.3 is 0 Å². The Morgan fingerprint density at radius 1 is 1.21 bits per heavy atom. The zero-order chi connectivity index (χ0) is 17.1. The van der Waals surface area contributed by atoms with Gasteiger partial charge in [0.2, 0.25) is 0 Å². The number of hydrogen-bond acceptors (Lipinski definition) is 2. The van der Waals surface area contributed by atoms with E-state index in [4.69, 9.17) is 11.6 Å². The highest BCUT2D eigenvalue weighted by molar-refractivity contribution is 6.30. The molecule has 0 radical (unpaired) electrons. The Kier molecular flexibility index (Phi) is 3.47. The first-order valence-corrected chi connectivity index (χ1v) is 8.78. The average molecular weight is 341 g/mol. The fraction of sp³-hybridized carbons (Fsp3) is 0.400. The zero-order valence-electron chi connectivity index (χ0n) is 14.2. The minimum Gasteiger partial charge on any atom is -0.294 e. The quantitative estimate of drug-likeness (QED) is 0.814. The van der Waals surface area contributed by atoms with Crippen molar-refractivity contribution < 1.29 is 4.79 Å². The molecule has 0 bridgehead atoms. The van der Waals surface area contributed by atoms with Crippen LogP contribution in [0.5, 0.6) is 0 Å². The van der Waals surface area contributed by atoms with Gasteiger partial charge in [-0.1, -0.05) is 43.2 Å². The summed E-state index contributed by atoms with van der Waals surface area (Å²) >= 11 is 6.07. The number of nitrogens with one attached hydrogen (secondary N) is 1. The van der Waals surface area contributed by atoms with Crippen LogP contribution in [0.4, 0.5) is 0 Å². The lowest BCUT2D eigenvalue weighted by atomic mass is 9.65. The van der Waals surface area contributed by atoms with Gasteiger partial charge in [0.25, 0.3) is 0 Å². The van der Waals surface area contributed by atoms with Crippen LogP contribution in [0.15, 0.2) is 35.4 Å². The van der Waals surface area contributed by atoms with E-state index in [0.29, 0.717) is 11.4 Å². The standard InChI is InChI=1S/C20H21ClN2O/c1-11-17-15(23-22-11)8-13-9-20(2,3)10-16(24)18(13)19(17)12-4-6-14(21)7-5-12/h4-7,19H,8-10H2,1-3H3,(H,22,23). The van der Waals surface area contributed by atoms with Gasteiger partial charge in [0.1, 0.15) is 0 Å². The molecule has 0 fully saturated rings. The van der Waals surface area contributed by atoms with Crippen LogP contribution < -0.4 is 0 Å². The SMILES string of the molecule is Cc1[nH]nc2c1C(c1ccc(Cl)cc1)C1=C(C2)CC(C)(C)CC1=O. The van der Waals surface area contributed by atoms with Gasteiger partial charge in [-0.15, -0.1) is 0 Å². The number of carbonyl (C=O) groups is 1. The van der Waals surface area contributed by atoms with Crippen molar-refractivity contribution in [2.45, 2.75) is 46.0 Å². The van der Waals surface area contributed by atoms with Gasteiger partial charge in [0.05, 0.1) is 5.69 Å². The summed E-state index contributed by atoms with van der Waals surface area (Å²) in [4.78, 5) is 13.0. The van der Waals surface area contributed by atoms with E-state index in [-0.39, 0.29) is 17.1 Å². The van der Waals surface area contributed by atoms with Crippen LogP contribution in [0.1, 0.15) is 55.1 Å². The average Bonchev–Trinajstić information content (AvgIpc) is 2.86. The Morgan fingerprint density at radius 3 is 2.62 bits per heavy atom. The minimum absolute atomic E-state index is 0.0247. The van der Waals surface area contributed by atoms with Crippen molar-refractivity contribution in [2.24, 2.45) is 5.41 Å². The Labute approximate surface area is 147 Å². The molecule has 1 N–H and O–H groups in total. The molecule has 2 aliphatic carbocycles. The van der Waals surface area contributed by atoms with Gasteiger partial charge in [-0.3, -0.25) is 9.89 Å². The van der Waals surface area contributed by atoms with Crippen LogP contribution in [-0.2, 0) is 11.2 Å². The largest absolute Gasteiger partial charge is 0.294 e. The van der Waals surface area contributed by atoms with E-state index >= 15 is 0 Å². The molecule has 2 aliphatic rings. The van der Waals surface area contributed by atoms with Crippen molar-refractivity contribution in [1.29, 1.82) is 0 Å². The van der Waals surface area contributed by atoms with Gasteiger partial charge in [0.15, 0.2) is 5.78 Å².